The molecule has 2 aliphatic rings. The van der Waals surface area contributed by atoms with Crippen LogP contribution in [0.2, 0.25) is 0 Å². The molecule has 1 aromatic carbocycles. The number of methoxy groups -OCH3 is 1. The van der Waals surface area contributed by atoms with Crippen LogP contribution in [0.25, 0.3) is 10.2 Å². The third-order valence-electron chi connectivity index (χ3n) is 4.84. The normalized spacial score (nSPS) is 22.6. The predicted octanol–water partition coefficient (Wildman–Crippen LogP) is 1.96. The number of amides is 4. The average molecular weight is 374 g/mol. The van der Waals surface area contributed by atoms with Crippen LogP contribution in [-0.2, 0) is 9.59 Å². The minimum absolute atomic E-state index is 0.159. The van der Waals surface area contributed by atoms with Gasteiger partial charge >= 0.3 is 6.03 Å². The van der Waals surface area contributed by atoms with E-state index in [9.17, 15) is 14.4 Å². The van der Waals surface area contributed by atoms with E-state index in [1.165, 1.54) is 11.3 Å². The molecule has 136 valence electrons. The zero-order chi connectivity index (χ0) is 18.5. The van der Waals surface area contributed by atoms with E-state index in [4.69, 9.17) is 4.74 Å². The van der Waals surface area contributed by atoms with E-state index in [2.05, 4.69) is 15.6 Å². The van der Waals surface area contributed by atoms with Crippen LogP contribution in [-0.4, -0.2) is 46.9 Å². The van der Waals surface area contributed by atoms with Crippen molar-refractivity contribution in [2.75, 3.05) is 19.0 Å². The fourth-order valence-corrected chi connectivity index (χ4v) is 4.05. The Labute approximate surface area is 153 Å². The second-order valence-corrected chi connectivity index (χ2v) is 7.73. The Morgan fingerprint density at radius 2 is 2.23 bits per heavy atom. The highest BCUT2D eigenvalue weighted by molar-refractivity contribution is 7.22. The number of ether oxygens (including phenoxy) is 1. The van der Waals surface area contributed by atoms with Gasteiger partial charge in [0.15, 0.2) is 5.13 Å². The van der Waals surface area contributed by atoms with Crippen molar-refractivity contribution in [2.45, 2.75) is 25.3 Å². The largest absolute Gasteiger partial charge is 0.497 e. The fraction of sp³-hybridized carbons (Fsp3) is 0.412. The van der Waals surface area contributed by atoms with E-state index < -0.39 is 17.5 Å². The van der Waals surface area contributed by atoms with Crippen molar-refractivity contribution in [3.8, 4) is 5.75 Å². The summed E-state index contributed by atoms with van der Waals surface area (Å²) in [7, 11) is 1.57. The van der Waals surface area contributed by atoms with Crippen LogP contribution < -0.4 is 15.4 Å². The summed E-state index contributed by atoms with van der Waals surface area (Å²) in [4.78, 5) is 42.3. The zero-order valence-corrected chi connectivity index (χ0v) is 15.2. The quantitative estimate of drug-likeness (QED) is 0.779. The van der Waals surface area contributed by atoms with Gasteiger partial charge in [-0.05, 0) is 37.8 Å². The number of aromatic nitrogens is 1. The molecule has 0 spiro atoms. The summed E-state index contributed by atoms with van der Waals surface area (Å²) in [5, 5.41) is 5.80. The standard InChI is InChI=1S/C17H18N4O4S/c1-17(9-3-4-9)14(23)21(16(24)20-17)8-13(22)19-15-18-11-7-10(25-2)5-6-12(11)26-15/h5-7,9H,3-4,8H2,1-2H3,(H,20,24)(H,18,19,22)/t17-/m1/s1. The monoisotopic (exact) mass is 374 g/mol. The molecule has 1 atom stereocenters. The first-order valence-corrected chi connectivity index (χ1v) is 9.11. The maximum atomic E-state index is 12.6. The van der Waals surface area contributed by atoms with Gasteiger partial charge < -0.3 is 15.4 Å². The first-order chi connectivity index (χ1) is 12.4. The number of hydrogen-bond acceptors (Lipinski definition) is 6. The highest BCUT2D eigenvalue weighted by Crippen LogP contribution is 2.42. The van der Waals surface area contributed by atoms with Gasteiger partial charge in [0.2, 0.25) is 5.91 Å². The number of hydrogen-bond donors (Lipinski definition) is 2. The van der Waals surface area contributed by atoms with Gasteiger partial charge in [-0.3, -0.25) is 14.5 Å². The van der Waals surface area contributed by atoms with Gasteiger partial charge in [0.25, 0.3) is 5.91 Å². The van der Waals surface area contributed by atoms with Crippen LogP contribution in [0, 0.1) is 5.92 Å². The smallest absolute Gasteiger partial charge is 0.325 e. The van der Waals surface area contributed by atoms with Gasteiger partial charge in [-0.25, -0.2) is 9.78 Å². The Balaban J connectivity index is 1.45. The molecule has 4 amide bonds. The molecule has 26 heavy (non-hydrogen) atoms. The van der Waals surface area contributed by atoms with Crippen LogP contribution in [0.5, 0.6) is 5.75 Å². The summed E-state index contributed by atoms with van der Waals surface area (Å²) in [6, 6.07) is 4.94. The van der Waals surface area contributed by atoms with Gasteiger partial charge in [0.05, 0.1) is 17.3 Å². The number of benzene rings is 1. The number of rotatable bonds is 5. The first-order valence-electron chi connectivity index (χ1n) is 8.29. The Kier molecular flexibility index (Phi) is 3.83. The van der Waals surface area contributed by atoms with E-state index in [0.717, 1.165) is 22.4 Å². The van der Waals surface area contributed by atoms with Crippen molar-refractivity contribution in [2.24, 2.45) is 5.92 Å². The van der Waals surface area contributed by atoms with Crippen molar-refractivity contribution in [3.63, 3.8) is 0 Å². The molecule has 2 aromatic rings. The van der Waals surface area contributed by atoms with Crippen molar-refractivity contribution >= 4 is 44.5 Å². The molecule has 2 N–H and O–H groups in total. The molecule has 2 fully saturated rings. The number of thiazole rings is 1. The number of carbonyl (C=O) groups excluding carboxylic acids is 3. The van der Waals surface area contributed by atoms with E-state index >= 15 is 0 Å². The van der Waals surface area contributed by atoms with Crippen LogP contribution >= 0.6 is 11.3 Å². The van der Waals surface area contributed by atoms with Crippen LogP contribution in [0.1, 0.15) is 19.8 Å². The number of fused-ring (bicyclic) bond motifs is 1. The lowest BCUT2D eigenvalue weighted by Gasteiger charge is -2.20. The number of nitrogens with one attached hydrogen (secondary N) is 2. The van der Waals surface area contributed by atoms with Crippen molar-refractivity contribution in [1.82, 2.24) is 15.2 Å². The Morgan fingerprint density at radius 1 is 1.46 bits per heavy atom. The second-order valence-electron chi connectivity index (χ2n) is 6.70. The molecule has 4 rings (SSSR count). The minimum atomic E-state index is -0.885. The maximum absolute atomic E-state index is 12.6. The fourth-order valence-electron chi connectivity index (χ4n) is 3.19. The summed E-state index contributed by atoms with van der Waals surface area (Å²) >= 11 is 1.32. The van der Waals surface area contributed by atoms with E-state index in [-0.39, 0.29) is 18.4 Å². The molecule has 0 unspecified atom stereocenters. The van der Waals surface area contributed by atoms with Crippen LogP contribution in [0.3, 0.4) is 0 Å². The Morgan fingerprint density at radius 3 is 2.92 bits per heavy atom. The Hall–Kier alpha value is -2.68. The third-order valence-corrected chi connectivity index (χ3v) is 5.79. The molecular formula is C17H18N4O4S. The molecule has 0 radical (unpaired) electrons. The lowest BCUT2D eigenvalue weighted by atomic mass is 9.96. The van der Waals surface area contributed by atoms with Crippen LogP contribution in [0.4, 0.5) is 9.93 Å². The first kappa shape index (κ1) is 16.8. The molecule has 8 nitrogen and oxygen atoms in total. The van der Waals surface area contributed by atoms with Gasteiger partial charge in [-0.1, -0.05) is 11.3 Å². The number of imide groups is 1. The van der Waals surface area contributed by atoms with Crippen molar-refractivity contribution < 1.29 is 19.1 Å². The number of nitrogens with zero attached hydrogens (tertiary/aromatic N) is 2. The van der Waals surface area contributed by atoms with Crippen molar-refractivity contribution in [1.29, 1.82) is 0 Å². The molecule has 1 aliphatic carbocycles. The number of carbonyl (C=O) groups is 3. The minimum Gasteiger partial charge on any atom is -0.497 e. The van der Waals surface area contributed by atoms with Gasteiger partial charge in [0.1, 0.15) is 17.8 Å². The topological polar surface area (TPSA) is 101 Å². The van der Waals surface area contributed by atoms with E-state index in [0.29, 0.717) is 16.4 Å². The van der Waals surface area contributed by atoms with E-state index in [1.54, 1.807) is 20.1 Å². The molecular weight excluding hydrogens is 356 g/mol. The van der Waals surface area contributed by atoms with Gasteiger partial charge in [0, 0.05) is 6.07 Å². The summed E-state index contributed by atoms with van der Waals surface area (Å²) in [6.07, 6.45) is 1.83. The predicted molar refractivity (Wildman–Crippen MR) is 96.2 cm³/mol. The molecule has 2 heterocycles. The van der Waals surface area contributed by atoms with Crippen LogP contribution in [0.15, 0.2) is 18.2 Å². The molecule has 1 aliphatic heterocycles. The third kappa shape index (κ3) is 2.78. The maximum Gasteiger partial charge on any atom is 0.325 e. The Bertz CT molecular complexity index is 923. The lowest BCUT2D eigenvalue weighted by Crippen LogP contribution is -2.46. The second kappa shape index (κ2) is 5.94. The molecule has 1 saturated carbocycles. The molecule has 0 bridgehead atoms. The molecule has 1 aromatic heterocycles. The molecule has 9 heteroatoms. The summed E-state index contributed by atoms with van der Waals surface area (Å²) in [6.45, 7) is 1.40. The lowest BCUT2D eigenvalue weighted by molar-refractivity contribution is -0.134. The SMILES string of the molecule is COc1ccc2sc(NC(=O)CN3C(=O)N[C@](C)(C4CC4)C3=O)nc2c1. The highest BCUT2D eigenvalue weighted by Gasteiger charge is 2.56. The van der Waals surface area contributed by atoms with Gasteiger partial charge in [-0.15, -0.1) is 0 Å². The number of anilines is 1. The zero-order valence-electron chi connectivity index (χ0n) is 14.4. The number of urea groups is 1. The van der Waals surface area contributed by atoms with Crippen molar-refractivity contribution in [3.05, 3.63) is 18.2 Å². The summed E-state index contributed by atoms with van der Waals surface area (Å²) in [5.41, 5.74) is -0.176. The molecule has 1 saturated heterocycles. The summed E-state index contributed by atoms with van der Waals surface area (Å²) in [5.74, 6) is 0.0411. The van der Waals surface area contributed by atoms with Gasteiger partial charge in [-0.2, -0.15) is 0 Å². The highest BCUT2D eigenvalue weighted by atomic mass is 32.1. The average Bonchev–Trinajstić information content (AvgIpc) is 3.35. The summed E-state index contributed by atoms with van der Waals surface area (Å²) < 4.78 is 6.06. The van der Waals surface area contributed by atoms with E-state index in [1.807, 2.05) is 12.1 Å².